The first-order valence-electron chi connectivity index (χ1n) is 10.3. The maximum absolute atomic E-state index is 12.5. The molecule has 3 N–H and O–H groups in total. The van der Waals surface area contributed by atoms with Crippen LogP contribution in [-0.4, -0.2) is 41.4 Å². The van der Waals surface area contributed by atoms with Crippen LogP contribution in [0.15, 0.2) is 30.5 Å². The predicted molar refractivity (Wildman–Crippen MR) is 112 cm³/mol. The Morgan fingerprint density at radius 2 is 1.90 bits per heavy atom. The van der Waals surface area contributed by atoms with Gasteiger partial charge in [0.05, 0.1) is 5.56 Å². The van der Waals surface area contributed by atoms with Crippen molar-refractivity contribution >= 4 is 28.6 Å². The van der Waals surface area contributed by atoms with E-state index in [9.17, 15) is 14.4 Å². The molecule has 1 aromatic heterocycles. The van der Waals surface area contributed by atoms with E-state index in [1.807, 2.05) is 49.0 Å². The molecule has 1 aliphatic rings. The summed E-state index contributed by atoms with van der Waals surface area (Å²) in [7, 11) is 1.92. The smallest absolute Gasteiger partial charge is 0.253 e. The van der Waals surface area contributed by atoms with Crippen molar-refractivity contribution in [1.29, 1.82) is 0 Å². The van der Waals surface area contributed by atoms with Gasteiger partial charge in [0.1, 0.15) is 0 Å². The van der Waals surface area contributed by atoms with E-state index in [-0.39, 0.29) is 29.7 Å². The second kappa shape index (κ2) is 9.58. The zero-order chi connectivity index (χ0) is 20.8. The topological polar surface area (TPSA) is 92.2 Å². The normalized spacial score (nSPS) is 14.4. The van der Waals surface area contributed by atoms with Crippen LogP contribution in [0, 0.1) is 5.92 Å². The molecule has 1 saturated carbocycles. The largest absolute Gasteiger partial charge is 0.356 e. The van der Waals surface area contributed by atoms with Crippen LogP contribution in [0.1, 0.15) is 49.4 Å². The number of fused-ring (bicyclic) bond motifs is 1. The number of aromatic nitrogens is 1. The van der Waals surface area contributed by atoms with Gasteiger partial charge in [-0.2, -0.15) is 0 Å². The van der Waals surface area contributed by atoms with Gasteiger partial charge in [-0.25, -0.2) is 0 Å². The molecule has 29 heavy (non-hydrogen) atoms. The number of hydrogen-bond acceptors (Lipinski definition) is 3. The standard InChI is InChI=1S/C22H30N4O3/c1-15(25-20(27)8-5-12-23-21(28)16-9-10-16)11-13-24-22(29)18-14-26(2)19-7-4-3-6-17(18)19/h3-4,6-7,14-16H,5,8-13H2,1-2H3,(H,23,28)(H,24,29)(H,25,27)/t15-/m0/s1. The van der Waals surface area contributed by atoms with E-state index in [2.05, 4.69) is 16.0 Å². The minimum Gasteiger partial charge on any atom is -0.356 e. The molecule has 3 rings (SSSR count). The Morgan fingerprint density at radius 3 is 2.66 bits per heavy atom. The summed E-state index contributed by atoms with van der Waals surface area (Å²) in [5.74, 6) is 0.180. The zero-order valence-electron chi connectivity index (χ0n) is 17.2. The van der Waals surface area contributed by atoms with Crippen molar-refractivity contribution < 1.29 is 14.4 Å². The van der Waals surface area contributed by atoms with E-state index < -0.39 is 0 Å². The number of carbonyl (C=O) groups is 3. The Bertz CT molecular complexity index is 885. The average Bonchev–Trinajstić information content (AvgIpc) is 3.49. The van der Waals surface area contributed by atoms with E-state index in [0.29, 0.717) is 37.9 Å². The van der Waals surface area contributed by atoms with Crippen molar-refractivity contribution in [2.24, 2.45) is 13.0 Å². The molecule has 3 amide bonds. The summed E-state index contributed by atoms with van der Waals surface area (Å²) in [6.45, 7) is 2.95. The molecule has 0 aliphatic heterocycles. The molecule has 0 unspecified atom stereocenters. The third-order valence-electron chi connectivity index (χ3n) is 5.24. The molecular weight excluding hydrogens is 368 g/mol. The van der Waals surface area contributed by atoms with Gasteiger partial charge in [0, 0.05) is 55.6 Å². The minimum atomic E-state index is -0.105. The van der Waals surface area contributed by atoms with Gasteiger partial charge in [0.2, 0.25) is 11.8 Å². The van der Waals surface area contributed by atoms with Crippen LogP contribution in [0.25, 0.3) is 10.9 Å². The van der Waals surface area contributed by atoms with Crippen LogP contribution in [-0.2, 0) is 16.6 Å². The molecule has 7 nitrogen and oxygen atoms in total. The van der Waals surface area contributed by atoms with Crippen molar-refractivity contribution in [3.8, 4) is 0 Å². The molecule has 0 spiro atoms. The number of para-hydroxylation sites is 1. The Kier molecular flexibility index (Phi) is 6.90. The second-order valence-electron chi connectivity index (χ2n) is 7.85. The summed E-state index contributed by atoms with van der Waals surface area (Å²) in [5.41, 5.74) is 1.68. The quantitative estimate of drug-likeness (QED) is 0.535. The molecule has 1 heterocycles. The first-order valence-corrected chi connectivity index (χ1v) is 10.3. The third-order valence-corrected chi connectivity index (χ3v) is 5.24. The highest BCUT2D eigenvalue weighted by Gasteiger charge is 2.29. The lowest BCUT2D eigenvalue weighted by molar-refractivity contribution is -0.123. The molecule has 0 saturated heterocycles. The van der Waals surface area contributed by atoms with Crippen LogP contribution in [0.5, 0.6) is 0 Å². The first-order chi connectivity index (χ1) is 14.0. The van der Waals surface area contributed by atoms with Gasteiger partial charge in [0.25, 0.3) is 5.91 Å². The Hall–Kier alpha value is -2.83. The highest BCUT2D eigenvalue weighted by Crippen LogP contribution is 2.28. The number of amides is 3. The number of nitrogens with zero attached hydrogens (tertiary/aromatic N) is 1. The molecule has 0 radical (unpaired) electrons. The van der Waals surface area contributed by atoms with Crippen molar-refractivity contribution in [1.82, 2.24) is 20.5 Å². The van der Waals surface area contributed by atoms with Crippen LogP contribution < -0.4 is 16.0 Å². The monoisotopic (exact) mass is 398 g/mol. The second-order valence-corrected chi connectivity index (χ2v) is 7.85. The summed E-state index contributed by atoms with van der Waals surface area (Å²) in [6.07, 6.45) is 5.49. The van der Waals surface area contributed by atoms with Gasteiger partial charge in [0.15, 0.2) is 0 Å². The van der Waals surface area contributed by atoms with Crippen molar-refractivity contribution in [2.45, 2.75) is 45.1 Å². The van der Waals surface area contributed by atoms with Crippen LogP contribution in [0.3, 0.4) is 0 Å². The number of carbonyl (C=O) groups excluding carboxylic acids is 3. The third kappa shape index (κ3) is 5.82. The van der Waals surface area contributed by atoms with E-state index >= 15 is 0 Å². The summed E-state index contributed by atoms with van der Waals surface area (Å²) >= 11 is 0. The molecule has 2 aromatic rings. The van der Waals surface area contributed by atoms with E-state index in [1.54, 1.807) is 0 Å². The van der Waals surface area contributed by atoms with E-state index in [1.165, 1.54) is 0 Å². The highest BCUT2D eigenvalue weighted by molar-refractivity contribution is 6.06. The lowest BCUT2D eigenvalue weighted by Crippen LogP contribution is -2.36. The van der Waals surface area contributed by atoms with Crippen molar-refractivity contribution in [3.63, 3.8) is 0 Å². The number of aryl methyl sites for hydroxylation is 1. The number of benzene rings is 1. The molecule has 1 aromatic carbocycles. The number of nitrogens with one attached hydrogen (secondary N) is 3. The van der Waals surface area contributed by atoms with Crippen LogP contribution in [0.4, 0.5) is 0 Å². The minimum absolute atomic E-state index is 0.0291. The maximum Gasteiger partial charge on any atom is 0.253 e. The summed E-state index contributed by atoms with van der Waals surface area (Å²) in [6, 6.07) is 7.78. The lowest BCUT2D eigenvalue weighted by atomic mass is 10.1. The van der Waals surface area contributed by atoms with E-state index in [4.69, 9.17) is 0 Å². The average molecular weight is 399 g/mol. The molecule has 1 aliphatic carbocycles. The van der Waals surface area contributed by atoms with Gasteiger partial charge in [-0.1, -0.05) is 18.2 Å². The SMILES string of the molecule is C[C@@H](CCNC(=O)c1cn(C)c2ccccc12)NC(=O)CCCNC(=O)C1CC1. The summed E-state index contributed by atoms with van der Waals surface area (Å²) in [5, 5.41) is 9.68. The summed E-state index contributed by atoms with van der Waals surface area (Å²) in [4.78, 5) is 36.0. The lowest BCUT2D eigenvalue weighted by Gasteiger charge is -2.14. The van der Waals surface area contributed by atoms with Gasteiger partial charge >= 0.3 is 0 Å². The number of rotatable bonds is 10. The Morgan fingerprint density at radius 1 is 1.14 bits per heavy atom. The Labute approximate surface area is 171 Å². The van der Waals surface area contributed by atoms with Crippen LogP contribution >= 0.6 is 0 Å². The Balaban J connectivity index is 1.33. The van der Waals surface area contributed by atoms with Crippen molar-refractivity contribution in [2.75, 3.05) is 13.1 Å². The molecular formula is C22H30N4O3. The van der Waals surface area contributed by atoms with Gasteiger partial charge in [-0.15, -0.1) is 0 Å². The van der Waals surface area contributed by atoms with Gasteiger partial charge in [-0.05, 0) is 38.7 Å². The first kappa shape index (κ1) is 20.9. The van der Waals surface area contributed by atoms with Gasteiger partial charge < -0.3 is 20.5 Å². The molecule has 156 valence electrons. The highest BCUT2D eigenvalue weighted by atomic mass is 16.2. The van der Waals surface area contributed by atoms with Gasteiger partial charge in [-0.3, -0.25) is 14.4 Å². The fourth-order valence-electron chi connectivity index (χ4n) is 3.39. The number of hydrogen-bond donors (Lipinski definition) is 3. The summed E-state index contributed by atoms with van der Waals surface area (Å²) < 4.78 is 1.94. The van der Waals surface area contributed by atoms with Crippen molar-refractivity contribution in [3.05, 3.63) is 36.0 Å². The fourth-order valence-corrected chi connectivity index (χ4v) is 3.39. The molecule has 7 heteroatoms. The maximum atomic E-state index is 12.5. The fraction of sp³-hybridized carbons (Fsp3) is 0.500. The van der Waals surface area contributed by atoms with Crippen LogP contribution in [0.2, 0.25) is 0 Å². The van der Waals surface area contributed by atoms with E-state index in [0.717, 1.165) is 23.7 Å². The molecule has 1 atom stereocenters. The molecule has 1 fully saturated rings. The zero-order valence-corrected chi connectivity index (χ0v) is 17.2. The molecule has 0 bridgehead atoms. The predicted octanol–water partition coefficient (Wildman–Crippen LogP) is 2.11.